The van der Waals surface area contributed by atoms with Gasteiger partial charge in [0.2, 0.25) is 5.91 Å². The molecule has 1 aromatic rings. The van der Waals surface area contributed by atoms with Gasteiger partial charge in [0.1, 0.15) is 0 Å². The lowest BCUT2D eigenvalue weighted by atomic mass is 9.93. The van der Waals surface area contributed by atoms with Crippen molar-refractivity contribution in [2.45, 2.75) is 17.7 Å². The summed E-state index contributed by atoms with van der Waals surface area (Å²) in [6.45, 7) is 0. The van der Waals surface area contributed by atoms with Crippen molar-refractivity contribution in [1.29, 1.82) is 0 Å². The van der Waals surface area contributed by atoms with Gasteiger partial charge in [-0.1, -0.05) is 24.3 Å². The number of allylic oxidation sites excluding steroid dienone is 2. The molecule has 3 atom stereocenters. The first kappa shape index (κ1) is 11.8. The highest BCUT2D eigenvalue weighted by molar-refractivity contribution is 7.98. The fourth-order valence-electron chi connectivity index (χ4n) is 3.06. The molecule has 0 aliphatic heterocycles. The molecule has 0 saturated heterocycles. The number of benzene rings is 1. The summed E-state index contributed by atoms with van der Waals surface area (Å²) in [6, 6.07) is 7.99. The van der Waals surface area contributed by atoms with Gasteiger partial charge in [-0.2, -0.15) is 0 Å². The second-order valence-corrected chi connectivity index (χ2v) is 5.92. The fraction of sp³-hybridized carbons (Fsp3) is 0.400. The Balaban J connectivity index is 1.73. The van der Waals surface area contributed by atoms with Crippen LogP contribution in [0.3, 0.4) is 0 Å². The standard InChI is InChI=1S/C15H17NOS/c1-18-14-5-3-2-4-13(14)16-15(17)12-9-10-6-7-11(12)8-10/h2-7,10-12H,8-9H2,1H3,(H,16,17). The van der Waals surface area contributed by atoms with Gasteiger partial charge in [0.25, 0.3) is 0 Å². The number of amides is 1. The van der Waals surface area contributed by atoms with Gasteiger partial charge in [-0.15, -0.1) is 11.8 Å². The van der Waals surface area contributed by atoms with Crippen LogP contribution in [-0.2, 0) is 4.79 Å². The summed E-state index contributed by atoms with van der Waals surface area (Å²) >= 11 is 1.67. The van der Waals surface area contributed by atoms with E-state index in [1.54, 1.807) is 11.8 Å². The SMILES string of the molecule is CSc1ccccc1NC(=O)C1CC2C=CC1C2. The third-order valence-corrected chi connectivity index (χ3v) is 4.78. The van der Waals surface area contributed by atoms with E-state index in [1.807, 2.05) is 30.5 Å². The van der Waals surface area contributed by atoms with Crippen LogP contribution < -0.4 is 5.32 Å². The van der Waals surface area contributed by atoms with Crippen molar-refractivity contribution in [3.63, 3.8) is 0 Å². The van der Waals surface area contributed by atoms with Crippen molar-refractivity contribution in [3.05, 3.63) is 36.4 Å². The Kier molecular flexibility index (Phi) is 3.16. The number of hydrogen-bond donors (Lipinski definition) is 1. The van der Waals surface area contributed by atoms with E-state index in [1.165, 1.54) is 6.42 Å². The molecule has 1 N–H and O–H groups in total. The number of carbonyl (C=O) groups is 1. The van der Waals surface area contributed by atoms with Crippen LogP contribution in [0, 0.1) is 17.8 Å². The van der Waals surface area contributed by atoms with Gasteiger partial charge in [-0.3, -0.25) is 4.79 Å². The summed E-state index contributed by atoms with van der Waals surface area (Å²) in [7, 11) is 0. The first-order valence-corrected chi connectivity index (χ1v) is 7.62. The van der Waals surface area contributed by atoms with E-state index in [0.29, 0.717) is 11.8 Å². The van der Waals surface area contributed by atoms with E-state index < -0.39 is 0 Å². The second-order valence-electron chi connectivity index (χ2n) is 5.08. The number of fused-ring (bicyclic) bond motifs is 2. The summed E-state index contributed by atoms with van der Waals surface area (Å²) in [4.78, 5) is 13.4. The van der Waals surface area contributed by atoms with Crippen molar-refractivity contribution in [2.75, 3.05) is 11.6 Å². The average molecular weight is 259 g/mol. The highest BCUT2D eigenvalue weighted by atomic mass is 32.2. The van der Waals surface area contributed by atoms with Crippen molar-refractivity contribution < 1.29 is 4.79 Å². The normalized spacial score (nSPS) is 28.6. The number of para-hydroxylation sites is 1. The second kappa shape index (κ2) is 4.81. The minimum Gasteiger partial charge on any atom is -0.325 e. The third kappa shape index (κ3) is 2.07. The molecular formula is C15H17NOS. The van der Waals surface area contributed by atoms with Crippen LogP contribution in [0.5, 0.6) is 0 Å². The average Bonchev–Trinajstić information content (AvgIpc) is 3.01. The van der Waals surface area contributed by atoms with Gasteiger partial charge in [-0.05, 0) is 43.1 Å². The molecule has 0 radical (unpaired) electrons. The summed E-state index contributed by atoms with van der Waals surface area (Å²) in [5, 5.41) is 3.09. The zero-order chi connectivity index (χ0) is 12.5. The van der Waals surface area contributed by atoms with Gasteiger partial charge in [0.05, 0.1) is 5.69 Å². The van der Waals surface area contributed by atoms with Gasteiger partial charge in [-0.25, -0.2) is 0 Å². The van der Waals surface area contributed by atoms with E-state index in [9.17, 15) is 4.79 Å². The highest BCUT2D eigenvalue weighted by Gasteiger charge is 2.39. The molecule has 2 nitrogen and oxygen atoms in total. The number of anilines is 1. The molecule has 3 rings (SSSR count). The Morgan fingerprint density at radius 1 is 1.28 bits per heavy atom. The molecule has 2 aliphatic rings. The van der Waals surface area contributed by atoms with Gasteiger partial charge in [0, 0.05) is 10.8 Å². The zero-order valence-corrected chi connectivity index (χ0v) is 11.2. The van der Waals surface area contributed by atoms with Crippen LogP contribution in [0.25, 0.3) is 0 Å². The maximum atomic E-state index is 12.3. The highest BCUT2D eigenvalue weighted by Crippen LogP contribution is 2.44. The Morgan fingerprint density at radius 2 is 2.11 bits per heavy atom. The predicted octanol–water partition coefficient (Wildman–Crippen LogP) is 3.56. The summed E-state index contributed by atoms with van der Waals surface area (Å²) in [5.74, 6) is 1.47. The van der Waals surface area contributed by atoms with E-state index in [-0.39, 0.29) is 11.8 Å². The van der Waals surface area contributed by atoms with Crippen LogP contribution >= 0.6 is 11.8 Å². The quantitative estimate of drug-likeness (QED) is 0.664. The first-order valence-electron chi connectivity index (χ1n) is 6.40. The van der Waals surface area contributed by atoms with Crippen molar-refractivity contribution in [2.24, 2.45) is 17.8 Å². The molecule has 94 valence electrons. The van der Waals surface area contributed by atoms with Crippen LogP contribution in [0.15, 0.2) is 41.3 Å². The monoisotopic (exact) mass is 259 g/mol. The molecule has 3 unspecified atom stereocenters. The topological polar surface area (TPSA) is 29.1 Å². The molecule has 3 heteroatoms. The maximum Gasteiger partial charge on any atom is 0.228 e. The number of hydrogen-bond acceptors (Lipinski definition) is 2. The molecular weight excluding hydrogens is 242 g/mol. The van der Waals surface area contributed by atoms with Crippen LogP contribution in [-0.4, -0.2) is 12.2 Å². The van der Waals surface area contributed by atoms with Crippen LogP contribution in [0.1, 0.15) is 12.8 Å². The van der Waals surface area contributed by atoms with Crippen molar-refractivity contribution >= 4 is 23.4 Å². The minimum atomic E-state index is 0.176. The molecule has 2 aliphatic carbocycles. The lowest BCUT2D eigenvalue weighted by Gasteiger charge is -2.18. The maximum absolute atomic E-state index is 12.3. The molecule has 1 aromatic carbocycles. The summed E-state index contributed by atoms with van der Waals surface area (Å²) < 4.78 is 0. The predicted molar refractivity (Wildman–Crippen MR) is 75.7 cm³/mol. The minimum absolute atomic E-state index is 0.176. The number of carbonyl (C=O) groups excluding carboxylic acids is 1. The Hall–Kier alpha value is -1.22. The number of thioether (sulfide) groups is 1. The molecule has 2 bridgehead atoms. The van der Waals surface area contributed by atoms with Crippen molar-refractivity contribution in [3.8, 4) is 0 Å². The van der Waals surface area contributed by atoms with E-state index in [2.05, 4.69) is 17.5 Å². The van der Waals surface area contributed by atoms with Crippen LogP contribution in [0.4, 0.5) is 5.69 Å². The van der Waals surface area contributed by atoms with E-state index >= 15 is 0 Å². The van der Waals surface area contributed by atoms with E-state index in [4.69, 9.17) is 0 Å². The smallest absolute Gasteiger partial charge is 0.228 e. The lowest BCUT2D eigenvalue weighted by molar-refractivity contribution is -0.120. The molecule has 0 spiro atoms. The number of rotatable bonds is 3. The molecule has 1 amide bonds. The lowest BCUT2D eigenvalue weighted by Crippen LogP contribution is -2.26. The number of nitrogens with one attached hydrogen (secondary N) is 1. The third-order valence-electron chi connectivity index (χ3n) is 3.98. The first-order chi connectivity index (χ1) is 8.78. The van der Waals surface area contributed by atoms with E-state index in [0.717, 1.165) is 17.0 Å². The fourth-order valence-corrected chi connectivity index (χ4v) is 3.61. The molecule has 1 saturated carbocycles. The largest absolute Gasteiger partial charge is 0.325 e. The molecule has 0 aromatic heterocycles. The van der Waals surface area contributed by atoms with Crippen LogP contribution in [0.2, 0.25) is 0 Å². The Labute approximate surface area is 112 Å². The van der Waals surface area contributed by atoms with Gasteiger partial charge in [0.15, 0.2) is 0 Å². The Bertz CT molecular complexity index is 497. The summed E-state index contributed by atoms with van der Waals surface area (Å²) in [5.41, 5.74) is 0.946. The Morgan fingerprint density at radius 3 is 2.78 bits per heavy atom. The molecule has 0 heterocycles. The van der Waals surface area contributed by atoms with Crippen molar-refractivity contribution in [1.82, 2.24) is 0 Å². The van der Waals surface area contributed by atoms with Gasteiger partial charge >= 0.3 is 0 Å². The summed E-state index contributed by atoms with van der Waals surface area (Å²) in [6.07, 6.45) is 8.71. The zero-order valence-electron chi connectivity index (χ0n) is 10.4. The molecule has 1 fully saturated rings. The molecule has 18 heavy (non-hydrogen) atoms. The van der Waals surface area contributed by atoms with Gasteiger partial charge < -0.3 is 5.32 Å².